The van der Waals surface area contributed by atoms with E-state index in [1.54, 1.807) is 18.2 Å². The number of nitrogens with one attached hydrogen (secondary N) is 2. The molecule has 1 aromatic rings. The average Bonchev–Trinajstić information content (AvgIpc) is 3.22. The van der Waals surface area contributed by atoms with Crippen LogP contribution in [0, 0.1) is 5.92 Å². The van der Waals surface area contributed by atoms with Gasteiger partial charge in [-0.3, -0.25) is 10.0 Å². The van der Waals surface area contributed by atoms with Crippen molar-refractivity contribution in [3.63, 3.8) is 0 Å². The number of rotatable bonds is 6. The Morgan fingerprint density at radius 2 is 1.95 bits per heavy atom. The van der Waals surface area contributed by atoms with Crippen molar-refractivity contribution >= 4 is 15.9 Å². The third-order valence-corrected chi connectivity index (χ3v) is 4.53. The maximum atomic E-state index is 12.1. The maximum absolute atomic E-state index is 12.1. The molecule has 1 amide bonds. The molecule has 0 heterocycles. The Hall–Kier alpha value is -1.44. The van der Waals surface area contributed by atoms with Crippen molar-refractivity contribution in [2.45, 2.75) is 30.2 Å². The van der Waals surface area contributed by atoms with Crippen molar-refractivity contribution in [2.24, 2.45) is 5.92 Å². The molecule has 1 unspecified atom stereocenters. The summed E-state index contributed by atoms with van der Waals surface area (Å²) in [4.78, 5) is 11.6. The van der Waals surface area contributed by atoms with Crippen LogP contribution < -0.4 is 10.2 Å². The molecule has 0 aromatic heterocycles. The molecule has 1 atom stereocenters. The zero-order valence-corrected chi connectivity index (χ0v) is 11.1. The quantitative estimate of drug-likeness (QED) is 0.527. The molecule has 0 saturated heterocycles. The summed E-state index contributed by atoms with van der Waals surface area (Å²) < 4.78 is 26.5. The van der Waals surface area contributed by atoms with Gasteiger partial charge in [-0.15, -0.1) is 0 Å². The highest BCUT2D eigenvalue weighted by molar-refractivity contribution is 7.89. The lowest BCUT2D eigenvalue weighted by Crippen LogP contribution is -2.46. The fourth-order valence-corrected chi connectivity index (χ4v) is 3.06. The lowest BCUT2D eigenvalue weighted by molar-refractivity contribution is -0.131. The van der Waals surface area contributed by atoms with Crippen LogP contribution in [0.5, 0.6) is 0 Å². The molecule has 1 aromatic carbocycles. The van der Waals surface area contributed by atoms with Crippen molar-refractivity contribution in [3.05, 3.63) is 30.3 Å². The minimum Gasteiger partial charge on any atom is -0.289 e. The van der Waals surface area contributed by atoms with E-state index in [0.29, 0.717) is 12.3 Å². The van der Waals surface area contributed by atoms with Gasteiger partial charge in [0.2, 0.25) is 10.0 Å². The van der Waals surface area contributed by atoms with Gasteiger partial charge in [0.15, 0.2) is 0 Å². The summed E-state index contributed by atoms with van der Waals surface area (Å²) in [6, 6.07) is 6.89. The first-order chi connectivity index (χ1) is 9.03. The summed E-state index contributed by atoms with van der Waals surface area (Å²) >= 11 is 0. The Bertz CT molecular complexity index is 540. The second-order valence-corrected chi connectivity index (χ2v) is 6.36. The molecule has 104 valence electrons. The van der Waals surface area contributed by atoms with E-state index in [2.05, 4.69) is 4.72 Å². The Morgan fingerprint density at radius 3 is 2.47 bits per heavy atom. The van der Waals surface area contributed by atoms with Gasteiger partial charge in [-0.25, -0.2) is 13.9 Å². The van der Waals surface area contributed by atoms with Gasteiger partial charge in [0, 0.05) is 0 Å². The SMILES string of the molecule is O=C(NO)C(CC1CC1)NS(=O)(=O)c1ccccc1. The first-order valence-corrected chi connectivity index (χ1v) is 7.52. The molecule has 1 saturated carbocycles. The zero-order chi connectivity index (χ0) is 13.9. The summed E-state index contributed by atoms with van der Waals surface area (Å²) in [5.41, 5.74) is 1.51. The Labute approximate surface area is 111 Å². The van der Waals surface area contributed by atoms with Gasteiger partial charge in [-0.1, -0.05) is 31.0 Å². The lowest BCUT2D eigenvalue weighted by atomic mass is 10.1. The fourth-order valence-electron chi connectivity index (χ4n) is 1.83. The van der Waals surface area contributed by atoms with Crippen molar-refractivity contribution < 1.29 is 18.4 Å². The van der Waals surface area contributed by atoms with E-state index in [1.165, 1.54) is 17.6 Å². The number of benzene rings is 1. The number of hydroxylamine groups is 1. The van der Waals surface area contributed by atoms with Gasteiger partial charge >= 0.3 is 0 Å². The molecule has 0 aliphatic heterocycles. The maximum Gasteiger partial charge on any atom is 0.261 e. The molecule has 2 rings (SSSR count). The van der Waals surface area contributed by atoms with Crippen molar-refractivity contribution in [1.82, 2.24) is 10.2 Å². The second-order valence-electron chi connectivity index (χ2n) is 4.64. The highest BCUT2D eigenvalue weighted by atomic mass is 32.2. The second kappa shape index (κ2) is 5.68. The van der Waals surface area contributed by atoms with E-state index < -0.39 is 22.0 Å². The van der Waals surface area contributed by atoms with E-state index >= 15 is 0 Å². The molecular weight excluding hydrogens is 268 g/mol. The summed E-state index contributed by atoms with van der Waals surface area (Å²) in [6.45, 7) is 0. The molecule has 19 heavy (non-hydrogen) atoms. The minimum atomic E-state index is -3.75. The largest absolute Gasteiger partial charge is 0.289 e. The van der Waals surface area contributed by atoms with Crippen LogP contribution in [0.25, 0.3) is 0 Å². The average molecular weight is 284 g/mol. The number of carbonyl (C=O) groups is 1. The predicted octanol–water partition coefficient (Wildman–Crippen LogP) is 0.639. The van der Waals surface area contributed by atoms with Crippen molar-refractivity contribution in [2.75, 3.05) is 0 Å². The fraction of sp³-hybridized carbons (Fsp3) is 0.417. The molecule has 0 bridgehead atoms. The number of hydrogen-bond acceptors (Lipinski definition) is 4. The lowest BCUT2D eigenvalue weighted by Gasteiger charge is -2.16. The Kier molecular flexibility index (Phi) is 4.18. The molecule has 3 N–H and O–H groups in total. The van der Waals surface area contributed by atoms with E-state index in [4.69, 9.17) is 5.21 Å². The first kappa shape index (κ1) is 14.0. The zero-order valence-electron chi connectivity index (χ0n) is 10.2. The molecular formula is C12H16N2O4S. The van der Waals surface area contributed by atoms with Crippen LogP contribution in [-0.4, -0.2) is 25.6 Å². The van der Waals surface area contributed by atoms with Crippen LogP contribution in [-0.2, 0) is 14.8 Å². The van der Waals surface area contributed by atoms with Crippen LogP contribution >= 0.6 is 0 Å². The number of amides is 1. The van der Waals surface area contributed by atoms with Crippen molar-refractivity contribution in [1.29, 1.82) is 0 Å². The molecule has 1 aliphatic rings. The topological polar surface area (TPSA) is 95.5 Å². The van der Waals surface area contributed by atoms with Crippen molar-refractivity contribution in [3.8, 4) is 0 Å². The highest BCUT2D eigenvalue weighted by Crippen LogP contribution is 2.33. The number of sulfonamides is 1. The van der Waals surface area contributed by atoms with Gasteiger partial charge in [-0.05, 0) is 24.5 Å². The van der Waals surface area contributed by atoms with E-state index in [1.807, 2.05) is 0 Å². The minimum absolute atomic E-state index is 0.0986. The molecule has 0 radical (unpaired) electrons. The Morgan fingerprint density at radius 1 is 1.32 bits per heavy atom. The van der Waals surface area contributed by atoms with Crippen LogP contribution in [0.4, 0.5) is 0 Å². The summed E-state index contributed by atoms with van der Waals surface area (Å²) in [5.74, 6) is -0.382. The monoisotopic (exact) mass is 284 g/mol. The summed E-state index contributed by atoms with van der Waals surface area (Å²) in [6.07, 6.45) is 2.38. The van der Waals surface area contributed by atoms with Gasteiger partial charge in [0.25, 0.3) is 5.91 Å². The normalized spacial score (nSPS) is 16.9. The van der Waals surface area contributed by atoms with Gasteiger partial charge in [0.1, 0.15) is 6.04 Å². The van der Waals surface area contributed by atoms with E-state index in [9.17, 15) is 13.2 Å². The number of hydrogen-bond donors (Lipinski definition) is 3. The highest BCUT2D eigenvalue weighted by Gasteiger charge is 2.32. The van der Waals surface area contributed by atoms with Crippen LogP contribution in [0.1, 0.15) is 19.3 Å². The number of carbonyl (C=O) groups excluding carboxylic acids is 1. The predicted molar refractivity (Wildman–Crippen MR) is 67.8 cm³/mol. The molecule has 1 aliphatic carbocycles. The van der Waals surface area contributed by atoms with Crippen LogP contribution in [0.15, 0.2) is 35.2 Å². The molecule has 1 fully saturated rings. The molecule has 6 nitrogen and oxygen atoms in total. The third-order valence-electron chi connectivity index (χ3n) is 3.04. The summed E-state index contributed by atoms with van der Waals surface area (Å²) in [7, 11) is -3.75. The van der Waals surface area contributed by atoms with Crippen LogP contribution in [0.3, 0.4) is 0 Å². The molecule has 7 heteroatoms. The van der Waals surface area contributed by atoms with Gasteiger partial charge in [-0.2, -0.15) is 4.72 Å². The summed E-state index contributed by atoms with van der Waals surface area (Å²) in [5, 5.41) is 8.67. The molecule has 0 spiro atoms. The van der Waals surface area contributed by atoms with Crippen LogP contribution in [0.2, 0.25) is 0 Å². The van der Waals surface area contributed by atoms with Gasteiger partial charge < -0.3 is 0 Å². The standard InChI is InChI=1S/C12H16N2O4S/c15-12(13-16)11(8-9-6-7-9)14-19(17,18)10-4-2-1-3-5-10/h1-5,9,11,14,16H,6-8H2,(H,13,15). The smallest absolute Gasteiger partial charge is 0.261 e. The Balaban J connectivity index is 2.13. The first-order valence-electron chi connectivity index (χ1n) is 6.04. The van der Waals surface area contributed by atoms with E-state index in [0.717, 1.165) is 12.8 Å². The third kappa shape index (κ3) is 3.76. The van der Waals surface area contributed by atoms with Gasteiger partial charge in [0.05, 0.1) is 4.90 Å². The van der Waals surface area contributed by atoms with E-state index in [-0.39, 0.29) is 4.90 Å².